The lowest BCUT2D eigenvalue weighted by Crippen LogP contribution is -2.37. The normalized spacial score (nSPS) is 15.4. The van der Waals surface area contributed by atoms with E-state index in [9.17, 15) is 17.6 Å². The number of pyridine rings is 3. The standard InChI is InChI=1S/C25H24FN5O3S/c1-35(33,34)31-12-9-17(10-13-31)16-2-5-20(6-3-16)29-24-23-18(8-11-27-25(23)32)14-21(30-24)19-4-7-22(26)28-15-19/h2-8,11,14-15,17H,9-10,12-13H2,1H3,(H,27,32)(H,29,30). The Bertz CT molecular complexity index is 1530. The second-order valence-electron chi connectivity index (χ2n) is 8.68. The molecular weight excluding hydrogens is 469 g/mol. The third-order valence-corrected chi connectivity index (χ3v) is 7.65. The molecule has 0 radical (unpaired) electrons. The largest absolute Gasteiger partial charge is 0.340 e. The van der Waals surface area contributed by atoms with Gasteiger partial charge in [-0.15, -0.1) is 0 Å². The van der Waals surface area contributed by atoms with Gasteiger partial charge in [0.2, 0.25) is 16.0 Å². The van der Waals surface area contributed by atoms with Gasteiger partial charge in [-0.1, -0.05) is 12.1 Å². The lowest BCUT2D eigenvalue weighted by molar-refractivity contribution is 0.321. The topological polar surface area (TPSA) is 108 Å². The summed E-state index contributed by atoms with van der Waals surface area (Å²) in [4.78, 5) is 23.6. The minimum Gasteiger partial charge on any atom is -0.340 e. The third-order valence-electron chi connectivity index (χ3n) is 6.35. The molecule has 0 spiro atoms. The van der Waals surface area contributed by atoms with Crippen LogP contribution in [-0.4, -0.2) is 47.0 Å². The summed E-state index contributed by atoms with van der Waals surface area (Å²) in [6.07, 6.45) is 5.78. The van der Waals surface area contributed by atoms with E-state index >= 15 is 0 Å². The van der Waals surface area contributed by atoms with Crippen molar-refractivity contribution in [2.75, 3.05) is 24.7 Å². The van der Waals surface area contributed by atoms with E-state index in [0.717, 1.165) is 24.1 Å². The highest BCUT2D eigenvalue weighted by atomic mass is 32.2. The van der Waals surface area contributed by atoms with Crippen LogP contribution in [0, 0.1) is 5.95 Å². The van der Waals surface area contributed by atoms with Gasteiger partial charge in [-0.25, -0.2) is 22.7 Å². The predicted molar refractivity (Wildman–Crippen MR) is 134 cm³/mol. The Hall–Kier alpha value is -3.63. The van der Waals surface area contributed by atoms with Crippen LogP contribution in [0.4, 0.5) is 15.9 Å². The van der Waals surface area contributed by atoms with Crippen molar-refractivity contribution >= 4 is 32.3 Å². The van der Waals surface area contributed by atoms with Crippen LogP contribution in [0.2, 0.25) is 0 Å². The van der Waals surface area contributed by atoms with Crippen LogP contribution in [0.25, 0.3) is 22.0 Å². The van der Waals surface area contributed by atoms with Gasteiger partial charge in [0.05, 0.1) is 17.3 Å². The average Bonchev–Trinajstić information content (AvgIpc) is 2.84. The number of rotatable bonds is 5. The van der Waals surface area contributed by atoms with Gasteiger partial charge in [0, 0.05) is 36.7 Å². The second kappa shape index (κ2) is 9.20. The molecule has 180 valence electrons. The van der Waals surface area contributed by atoms with Crippen molar-refractivity contribution in [1.29, 1.82) is 0 Å². The van der Waals surface area contributed by atoms with Crippen molar-refractivity contribution in [1.82, 2.24) is 19.3 Å². The van der Waals surface area contributed by atoms with Gasteiger partial charge in [-0.2, -0.15) is 4.39 Å². The van der Waals surface area contributed by atoms with E-state index in [2.05, 4.69) is 20.3 Å². The molecule has 1 aliphatic rings. The van der Waals surface area contributed by atoms with Crippen LogP contribution in [0.3, 0.4) is 0 Å². The fraction of sp³-hybridized carbons (Fsp3) is 0.240. The Morgan fingerprint density at radius 1 is 1.09 bits per heavy atom. The van der Waals surface area contributed by atoms with Gasteiger partial charge in [0.15, 0.2) is 0 Å². The fourth-order valence-electron chi connectivity index (χ4n) is 4.48. The Morgan fingerprint density at radius 3 is 2.49 bits per heavy atom. The number of nitrogens with zero attached hydrogens (tertiary/aromatic N) is 3. The zero-order valence-electron chi connectivity index (χ0n) is 19.0. The summed E-state index contributed by atoms with van der Waals surface area (Å²) in [6, 6.07) is 14.3. The molecule has 2 N–H and O–H groups in total. The first-order chi connectivity index (χ1) is 16.8. The molecule has 0 amide bonds. The van der Waals surface area contributed by atoms with Crippen LogP contribution in [0.15, 0.2) is 65.7 Å². The van der Waals surface area contributed by atoms with E-state index in [1.54, 1.807) is 24.4 Å². The summed E-state index contributed by atoms with van der Waals surface area (Å²) in [5.74, 6) is 0.0995. The summed E-state index contributed by atoms with van der Waals surface area (Å²) in [6.45, 7) is 1.04. The minimum atomic E-state index is -3.15. The van der Waals surface area contributed by atoms with Gasteiger partial charge in [-0.05, 0) is 66.1 Å². The lowest BCUT2D eigenvalue weighted by atomic mass is 9.90. The van der Waals surface area contributed by atoms with Crippen LogP contribution in [0.1, 0.15) is 24.3 Å². The highest BCUT2D eigenvalue weighted by Gasteiger charge is 2.25. The Kier molecular flexibility index (Phi) is 6.08. The number of piperidine rings is 1. The maximum absolute atomic E-state index is 13.3. The quantitative estimate of drug-likeness (QED) is 0.407. The number of fused-ring (bicyclic) bond motifs is 1. The highest BCUT2D eigenvalue weighted by Crippen LogP contribution is 2.31. The molecule has 4 aromatic rings. The minimum absolute atomic E-state index is 0.268. The fourth-order valence-corrected chi connectivity index (χ4v) is 5.35. The summed E-state index contributed by atoms with van der Waals surface area (Å²) < 4.78 is 38.3. The number of anilines is 2. The number of sulfonamides is 1. The smallest absolute Gasteiger partial charge is 0.259 e. The maximum Gasteiger partial charge on any atom is 0.259 e. The molecule has 3 aromatic heterocycles. The zero-order chi connectivity index (χ0) is 24.6. The first kappa shape index (κ1) is 23.1. The first-order valence-electron chi connectivity index (χ1n) is 11.2. The van der Waals surface area contributed by atoms with E-state index in [1.807, 2.05) is 24.3 Å². The van der Waals surface area contributed by atoms with Crippen molar-refractivity contribution in [3.8, 4) is 11.3 Å². The first-order valence-corrected chi connectivity index (χ1v) is 13.1. The molecule has 8 nitrogen and oxygen atoms in total. The molecule has 5 rings (SSSR count). The van der Waals surface area contributed by atoms with Crippen molar-refractivity contribution < 1.29 is 12.8 Å². The van der Waals surface area contributed by atoms with Crippen molar-refractivity contribution in [3.63, 3.8) is 0 Å². The number of hydrogen-bond acceptors (Lipinski definition) is 6. The van der Waals surface area contributed by atoms with E-state index < -0.39 is 16.0 Å². The van der Waals surface area contributed by atoms with Crippen LogP contribution < -0.4 is 10.9 Å². The van der Waals surface area contributed by atoms with E-state index in [-0.39, 0.29) is 11.5 Å². The van der Waals surface area contributed by atoms with E-state index in [1.165, 1.54) is 22.8 Å². The molecule has 0 unspecified atom stereocenters. The van der Waals surface area contributed by atoms with Crippen LogP contribution in [0.5, 0.6) is 0 Å². The molecule has 0 bridgehead atoms. The van der Waals surface area contributed by atoms with Gasteiger partial charge in [0.25, 0.3) is 5.56 Å². The summed E-state index contributed by atoms with van der Waals surface area (Å²) in [7, 11) is -3.15. The van der Waals surface area contributed by atoms with E-state index in [0.29, 0.717) is 40.9 Å². The van der Waals surface area contributed by atoms with Crippen LogP contribution >= 0.6 is 0 Å². The number of hydrogen-bond donors (Lipinski definition) is 2. The molecule has 1 saturated heterocycles. The molecule has 10 heteroatoms. The number of nitrogens with one attached hydrogen (secondary N) is 2. The maximum atomic E-state index is 13.3. The second-order valence-corrected chi connectivity index (χ2v) is 10.7. The van der Waals surface area contributed by atoms with Crippen molar-refractivity contribution in [2.45, 2.75) is 18.8 Å². The zero-order valence-corrected chi connectivity index (χ0v) is 19.8. The molecule has 1 aliphatic heterocycles. The third kappa shape index (κ3) is 4.94. The molecule has 0 atom stereocenters. The predicted octanol–water partition coefficient (Wildman–Crippen LogP) is 4.01. The number of aromatic nitrogens is 3. The SMILES string of the molecule is CS(=O)(=O)N1CCC(c2ccc(Nc3nc(-c4ccc(F)nc4)cc4cc[nH]c(=O)c34)cc2)CC1. The van der Waals surface area contributed by atoms with E-state index in [4.69, 9.17) is 0 Å². The highest BCUT2D eigenvalue weighted by molar-refractivity contribution is 7.88. The van der Waals surface area contributed by atoms with Gasteiger partial charge in [0.1, 0.15) is 5.82 Å². The van der Waals surface area contributed by atoms with Gasteiger partial charge < -0.3 is 10.3 Å². The van der Waals surface area contributed by atoms with Gasteiger partial charge in [-0.3, -0.25) is 4.79 Å². The average molecular weight is 494 g/mol. The molecule has 1 fully saturated rings. The Labute approximate surface area is 201 Å². The van der Waals surface area contributed by atoms with Crippen molar-refractivity contribution in [3.05, 3.63) is 82.8 Å². The molecule has 0 aliphatic carbocycles. The molecule has 35 heavy (non-hydrogen) atoms. The number of halogens is 1. The summed E-state index contributed by atoms with van der Waals surface area (Å²) in [5.41, 5.74) is 2.83. The monoisotopic (exact) mass is 493 g/mol. The molecule has 1 aromatic carbocycles. The Balaban J connectivity index is 1.42. The summed E-state index contributed by atoms with van der Waals surface area (Å²) >= 11 is 0. The molecular formula is C25H24FN5O3S. The number of benzene rings is 1. The summed E-state index contributed by atoms with van der Waals surface area (Å²) in [5, 5.41) is 4.37. The number of H-pyrrole nitrogens is 1. The molecule has 0 saturated carbocycles. The Morgan fingerprint density at radius 2 is 1.83 bits per heavy atom. The number of aromatic amines is 1. The molecule has 4 heterocycles. The van der Waals surface area contributed by atoms with Gasteiger partial charge >= 0.3 is 0 Å². The van der Waals surface area contributed by atoms with Crippen LogP contribution in [-0.2, 0) is 10.0 Å². The van der Waals surface area contributed by atoms with Crippen molar-refractivity contribution in [2.24, 2.45) is 0 Å². The lowest BCUT2D eigenvalue weighted by Gasteiger charge is -2.30.